The van der Waals surface area contributed by atoms with Gasteiger partial charge in [0.25, 0.3) is 0 Å². The minimum Gasteiger partial charge on any atom is -0.368 e. The molecule has 0 spiro atoms. The van der Waals surface area contributed by atoms with E-state index in [1.807, 2.05) is 20.8 Å². The molecule has 1 aliphatic rings. The van der Waals surface area contributed by atoms with Crippen molar-refractivity contribution in [3.8, 4) is 0 Å². The summed E-state index contributed by atoms with van der Waals surface area (Å²) >= 11 is 0. The SMILES string of the molecule is CC(C)(C)C(N)C(=O)N1CCC1C(N)=O. The smallest absolute Gasteiger partial charge is 0.240 e. The molecule has 4 N–H and O–H groups in total. The van der Waals surface area contributed by atoms with E-state index in [1.54, 1.807) is 0 Å². The van der Waals surface area contributed by atoms with Gasteiger partial charge in [-0.1, -0.05) is 20.8 Å². The van der Waals surface area contributed by atoms with E-state index in [0.29, 0.717) is 13.0 Å². The van der Waals surface area contributed by atoms with Crippen molar-refractivity contribution in [2.75, 3.05) is 6.54 Å². The highest BCUT2D eigenvalue weighted by atomic mass is 16.2. The van der Waals surface area contributed by atoms with E-state index in [4.69, 9.17) is 11.5 Å². The quantitative estimate of drug-likeness (QED) is 0.644. The molecule has 5 heteroatoms. The highest BCUT2D eigenvalue weighted by Gasteiger charge is 2.41. The van der Waals surface area contributed by atoms with Crippen molar-refractivity contribution in [2.24, 2.45) is 16.9 Å². The largest absolute Gasteiger partial charge is 0.368 e. The van der Waals surface area contributed by atoms with Crippen LogP contribution in [0.3, 0.4) is 0 Å². The molecule has 0 aromatic carbocycles. The second-order valence-electron chi connectivity index (χ2n) is 5.08. The molecule has 0 saturated carbocycles. The molecule has 0 aromatic rings. The molecular weight excluding hydrogens is 194 g/mol. The predicted molar refractivity (Wildman–Crippen MR) is 56.7 cm³/mol. The van der Waals surface area contributed by atoms with Crippen LogP contribution in [-0.2, 0) is 9.59 Å². The van der Waals surface area contributed by atoms with Gasteiger partial charge in [-0.05, 0) is 11.8 Å². The van der Waals surface area contributed by atoms with Gasteiger partial charge < -0.3 is 16.4 Å². The van der Waals surface area contributed by atoms with Crippen LogP contribution in [0, 0.1) is 5.41 Å². The molecule has 1 rings (SSSR count). The first-order valence-electron chi connectivity index (χ1n) is 5.10. The molecule has 2 amide bonds. The molecule has 15 heavy (non-hydrogen) atoms. The van der Waals surface area contributed by atoms with Crippen molar-refractivity contribution in [3.05, 3.63) is 0 Å². The Kier molecular flexibility index (Phi) is 3.04. The predicted octanol–water partition coefficient (Wildman–Crippen LogP) is -0.554. The van der Waals surface area contributed by atoms with E-state index in [2.05, 4.69) is 0 Å². The van der Waals surface area contributed by atoms with Gasteiger partial charge in [-0.2, -0.15) is 0 Å². The Bertz CT molecular complexity index is 283. The van der Waals surface area contributed by atoms with E-state index in [0.717, 1.165) is 0 Å². The maximum Gasteiger partial charge on any atom is 0.240 e. The maximum atomic E-state index is 11.9. The molecule has 1 aliphatic heterocycles. The number of hydrogen-bond acceptors (Lipinski definition) is 3. The third-order valence-corrected chi connectivity index (χ3v) is 2.83. The number of carbonyl (C=O) groups excluding carboxylic acids is 2. The normalized spacial score (nSPS) is 23.2. The van der Waals surface area contributed by atoms with Gasteiger partial charge in [0.15, 0.2) is 0 Å². The molecule has 5 nitrogen and oxygen atoms in total. The van der Waals surface area contributed by atoms with Gasteiger partial charge in [-0.25, -0.2) is 0 Å². The van der Waals surface area contributed by atoms with Crippen molar-refractivity contribution in [1.29, 1.82) is 0 Å². The van der Waals surface area contributed by atoms with Crippen LogP contribution in [0.4, 0.5) is 0 Å². The van der Waals surface area contributed by atoms with Gasteiger partial charge in [0, 0.05) is 6.54 Å². The summed E-state index contributed by atoms with van der Waals surface area (Å²) in [6, 6.07) is -1.04. The van der Waals surface area contributed by atoms with E-state index in [-0.39, 0.29) is 11.3 Å². The number of hydrogen-bond donors (Lipinski definition) is 2. The van der Waals surface area contributed by atoms with Gasteiger partial charge in [0.2, 0.25) is 11.8 Å². The molecule has 0 aliphatic carbocycles. The molecule has 0 radical (unpaired) electrons. The Balaban J connectivity index is 2.66. The first kappa shape index (κ1) is 12.0. The minimum atomic E-state index is -0.584. The van der Waals surface area contributed by atoms with Crippen molar-refractivity contribution in [2.45, 2.75) is 39.3 Å². The number of likely N-dealkylation sites (tertiary alicyclic amines) is 1. The topological polar surface area (TPSA) is 89.4 Å². The summed E-state index contributed by atoms with van der Waals surface area (Å²) in [4.78, 5) is 24.3. The number of carbonyl (C=O) groups is 2. The maximum absolute atomic E-state index is 11.9. The monoisotopic (exact) mass is 213 g/mol. The fourth-order valence-corrected chi connectivity index (χ4v) is 1.50. The third-order valence-electron chi connectivity index (χ3n) is 2.83. The lowest BCUT2D eigenvalue weighted by Crippen LogP contribution is -2.62. The van der Waals surface area contributed by atoms with Crippen LogP contribution in [0.15, 0.2) is 0 Å². The summed E-state index contributed by atoms with van der Waals surface area (Å²) in [5.74, 6) is -0.631. The van der Waals surface area contributed by atoms with Crippen LogP contribution >= 0.6 is 0 Å². The fraction of sp³-hybridized carbons (Fsp3) is 0.800. The van der Waals surface area contributed by atoms with Crippen molar-refractivity contribution < 1.29 is 9.59 Å². The van der Waals surface area contributed by atoms with Crippen LogP contribution < -0.4 is 11.5 Å². The van der Waals surface area contributed by atoms with Gasteiger partial charge in [-0.15, -0.1) is 0 Å². The first-order chi connectivity index (χ1) is 6.75. The Morgan fingerprint density at radius 3 is 2.20 bits per heavy atom. The number of rotatable bonds is 2. The molecule has 0 bridgehead atoms. The average Bonchev–Trinajstić information content (AvgIpc) is 1.97. The van der Waals surface area contributed by atoms with E-state index < -0.39 is 18.0 Å². The molecule has 86 valence electrons. The summed E-state index contributed by atoms with van der Waals surface area (Å²) in [7, 11) is 0. The zero-order valence-corrected chi connectivity index (χ0v) is 9.49. The summed E-state index contributed by atoms with van der Waals surface area (Å²) in [6.45, 7) is 6.27. The number of primary amides is 1. The average molecular weight is 213 g/mol. The summed E-state index contributed by atoms with van der Waals surface area (Å²) < 4.78 is 0. The van der Waals surface area contributed by atoms with Crippen LogP contribution in [0.25, 0.3) is 0 Å². The number of amides is 2. The molecule has 1 heterocycles. The Morgan fingerprint density at radius 2 is 1.93 bits per heavy atom. The highest BCUT2D eigenvalue weighted by molar-refractivity contribution is 5.90. The third kappa shape index (κ3) is 2.28. The van der Waals surface area contributed by atoms with E-state index in [9.17, 15) is 9.59 Å². The van der Waals surface area contributed by atoms with Crippen LogP contribution in [0.1, 0.15) is 27.2 Å². The second kappa shape index (κ2) is 3.81. The van der Waals surface area contributed by atoms with Crippen molar-refractivity contribution in [1.82, 2.24) is 4.90 Å². The molecular formula is C10H19N3O2. The first-order valence-corrected chi connectivity index (χ1v) is 5.10. The van der Waals surface area contributed by atoms with Gasteiger partial charge in [0.05, 0.1) is 6.04 Å². The van der Waals surface area contributed by atoms with Crippen LogP contribution in [-0.4, -0.2) is 35.3 Å². The molecule has 0 aromatic heterocycles. The fourth-order valence-electron chi connectivity index (χ4n) is 1.50. The molecule has 1 fully saturated rings. The lowest BCUT2D eigenvalue weighted by atomic mass is 9.85. The van der Waals surface area contributed by atoms with E-state index in [1.165, 1.54) is 4.90 Å². The summed E-state index contributed by atoms with van der Waals surface area (Å²) in [6.07, 6.45) is 0.651. The Hall–Kier alpha value is -1.10. The molecule has 2 unspecified atom stereocenters. The van der Waals surface area contributed by atoms with Crippen molar-refractivity contribution >= 4 is 11.8 Å². The number of nitrogens with zero attached hydrogens (tertiary/aromatic N) is 1. The zero-order valence-electron chi connectivity index (χ0n) is 9.49. The van der Waals surface area contributed by atoms with Crippen LogP contribution in [0.2, 0.25) is 0 Å². The molecule has 1 saturated heterocycles. The van der Waals surface area contributed by atoms with Crippen molar-refractivity contribution in [3.63, 3.8) is 0 Å². The minimum absolute atomic E-state index is 0.183. The lowest BCUT2D eigenvalue weighted by Gasteiger charge is -2.42. The van der Waals surface area contributed by atoms with Gasteiger partial charge in [0.1, 0.15) is 6.04 Å². The second-order valence-corrected chi connectivity index (χ2v) is 5.08. The lowest BCUT2D eigenvalue weighted by molar-refractivity contribution is -0.148. The Morgan fingerprint density at radius 1 is 1.40 bits per heavy atom. The Labute approximate surface area is 89.8 Å². The van der Waals surface area contributed by atoms with E-state index >= 15 is 0 Å². The highest BCUT2D eigenvalue weighted by Crippen LogP contribution is 2.24. The summed E-state index contributed by atoms with van der Waals surface area (Å²) in [5.41, 5.74) is 10.7. The van der Waals surface area contributed by atoms with Gasteiger partial charge >= 0.3 is 0 Å². The standard InChI is InChI=1S/C10H19N3O2/c1-10(2,3)7(11)9(15)13-5-4-6(13)8(12)14/h6-7H,4-5,11H2,1-3H3,(H2,12,14). The zero-order chi connectivity index (χ0) is 11.8. The summed E-state index contributed by atoms with van der Waals surface area (Å²) in [5, 5.41) is 0. The van der Waals surface area contributed by atoms with Crippen LogP contribution in [0.5, 0.6) is 0 Å². The molecule has 2 atom stereocenters. The number of nitrogens with two attached hydrogens (primary N) is 2. The van der Waals surface area contributed by atoms with Gasteiger partial charge in [-0.3, -0.25) is 9.59 Å².